The number of rotatable bonds is 4. The third kappa shape index (κ3) is 3.37. The van der Waals surface area contributed by atoms with Gasteiger partial charge in [-0.25, -0.2) is 4.79 Å². The number of alkyl halides is 3. The van der Waals surface area contributed by atoms with E-state index >= 15 is 0 Å². The Kier molecular flexibility index (Phi) is 4.88. The fraction of sp³-hybridized carbons (Fsp3) is 0.136. The smallest absolute Gasteiger partial charge is 0.324 e. The number of benzene rings is 3. The molecular formula is C22H16F3N3O3. The van der Waals surface area contributed by atoms with Gasteiger partial charge in [-0.1, -0.05) is 66.7 Å². The van der Waals surface area contributed by atoms with E-state index in [-0.39, 0.29) is 4.90 Å². The third-order valence-corrected chi connectivity index (χ3v) is 5.10. The van der Waals surface area contributed by atoms with Crippen molar-refractivity contribution in [1.29, 1.82) is 0 Å². The summed E-state index contributed by atoms with van der Waals surface area (Å²) in [6.07, 6.45) is -5.11. The molecule has 0 bridgehead atoms. The van der Waals surface area contributed by atoms with Gasteiger partial charge in [-0.3, -0.25) is 14.5 Å². The van der Waals surface area contributed by atoms with Gasteiger partial charge in [0.2, 0.25) is 11.4 Å². The lowest BCUT2D eigenvalue weighted by molar-refractivity contribution is -0.198. The van der Waals surface area contributed by atoms with E-state index in [1.807, 2.05) is 18.2 Å². The molecule has 158 valence electrons. The minimum Gasteiger partial charge on any atom is -0.324 e. The van der Waals surface area contributed by atoms with E-state index in [1.54, 1.807) is 29.6 Å². The number of nitrogens with one attached hydrogen (secondary N) is 2. The van der Waals surface area contributed by atoms with E-state index < -0.39 is 41.7 Å². The standard InChI is InChI=1S/C22H16F3N3O3/c23-22(24,25)21(15-9-2-1-3-10-15)19(30)28(20(31)27-21)13-18(29)26-17-12-6-8-14-7-4-5-11-16(14)17/h1-12H,13H2,(H,26,29)(H,27,31). The molecule has 0 spiro atoms. The number of urea groups is 1. The Morgan fingerprint density at radius 3 is 2.29 bits per heavy atom. The maximum Gasteiger partial charge on any atom is 0.425 e. The molecule has 1 heterocycles. The number of fused-ring (bicyclic) bond motifs is 1. The number of nitrogens with zero attached hydrogens (tertiary/aromatic N) is 1. The van der Waals surface area contributed by atoms with Crippen LogP contribution in [0.15, 0.2) is 72.8 Å². The van der Waals surface area contributed by atoms with Gasteiger partial charge in [0.05, 0.1) is 0 Å². The molecule has 1 atom stereocenters. The van der Waals surface area contributed by atoms with Crippen molar-refractivity contribution in [3.05, 3.63) is 78.4 Å². The summed E-state index contributed by atoms with van der Waals surface area (Å²) in [6, 6.07) is 17.4. The monoisotopic (exact) mass is 427 g/mol. The molecule has 0 aromatic heterocycles. The molecule has 0 saturated carbocycles. The summed E-state index contributed by atoms with van der Waals surface area (Å²) in [4.78, 5) is 38.0. The molecule has 3 aromatic rings. The summed E-state index contributed by atoms with van der Waals surface area (Å²) in [5.74, 6) is -2.35. The first-order valence-corrected chi connectivity index (χ1v) is 9.28. The maximum absolute atomic E-state index is 14.0. The van der Waals surface area contributed by atoms with Gasteiger partial charge in [0.1, 0.15) is 6.54 Å². The van der Waals surface area contributed by atoms with Crippen LogP contribution in [0.5, 0.6) is 0 Å². The van der Waals surface area contributed by atoms with E-state index in [4.69, 9.17) is 0 Å². The number of anilines is 1. The number of hydrogen-bond donors (Lipinski definition) is 2. The summed E-state index contributed by atoms with van der Waals surface area (Å²) in [6.45, 7) is -0.863. The lowest BCUT2D eigenvalue weighted by atomic mass is 9.89. The second kappa shape index (κ2) is 7.42. The highest BCUT2D eigenvalue weighted by Gasteiger charge is 2.68. The predicted molar refractivity (Wildman–Crippen MR) is 107 cm³/mol. The topological polar surface area (TPSA) is 78.5 Å². The molecule has 4 amide bonds. The normalized spacial score (nSPS) is 18.9. The first kappa shape index (κ1) is 20.4. The molecular weight excluding hydrogens is 411 g/mol. The number of carbonyl (C=O) groups excluding carboxylic acids is 3. The molecule has 1 aliphatic rings. The summed E-state index contributed by atoms with van der Waals surface area (Å²) in [7, 11) is 0. The zero-order valence-corrected chi connectivity index (χ0v) is 15.9. The van der Waals surface area contributed by atoms with E-state index in [0.717, 1.165) is 17.5 Å². The molecule has 0 radical (unpaired) electrons. The Bertz CT molecular complexity index is 1180. The van der Waals surface area contributed by atoms with Gasteiger partial charge in [-0.15, -0.1) is 0 Å². The van der Waals surface area contributed by atoms with Crippen LogP contribution in [0.1, 0.15) is 5.56 Å². The van der Waals surface area contributed by atoms with Gasteiger partial charge in [0.25, 0.3) is 5.91 Å². The van der Waals surface area contributed by atoms with Crippen molar-refractivity contribution >= 4 is 34.3 Å². The molecule has 3 aromatic carbocycles. The fourth-order valence-corrected chi connectivity index (χ4v) is 3.63. The molecule has 2 N–H and O–H groups in total. The second-order valence-corrected chi connectivity index (χ2v) is 7.01. The van der Waals surface area contributed by atoms with E-state index in [2.05, 4.69) is 5.32 Å². The molecule has 0 aliphatic carbocycles. The van der Waals surface area contributed by atoms with Crippen molar-refractivity contribution in [1.82, 2.24) is 10.2 Å². The Morgan fingerprint density at radius 1 is 0.935 bits per heavy atom. The molecule has 1 fully saturated rings. The molecule has 1 aliphatic heterocycles. The van der Waals surface area contributed by atoms with Gasteiger partial charge >= 0.3 is 12.2 Å². The van der Waals surface area contributed by atoms with Gasteiger partial charge < -0.3 is 10.6 Å². The molecule has 9 heteroatoms. The number of imide groups is 1. The zero-order valence-electron chi connectivity index (χ0n) is 15.9. The van der Waals surface area contributed by atoms with E-state index in [1.165, 1.54) is 18.2 Å². The van der Waals surface area contributed by atoms with Crippen LogP contribution in [0.2, 0.25) is 0 Å². The average molecular weight is 427 g/mol. The fourth-order valence-electron chi connectivity index (χ4n) is 3.63. The Labute approximate surface area is 174 Å². The van der Waals surface area contributed by atoms with Crippen molar-refractivity contribution in [2.45, 2.75) is 11.7 Å². The van der Waals surface area contributed by atoms with Crippen molar-refractivity contribution < 1.29 is 27.6 Å². The van der Waals surface area contributed by atoms with Crippen LogP contribution in [-0.2, 0) is 15.1 Å². The van der Waals surface area contributed by atoms with Gasteiger partial charge in [0, 0.05) is 11.1 Å². The van der Waals surface area contributed by atoms with E-state index in [9.17, 15) is 27.6 Å². The van der Waals surface area contributed by atoms with Crippen LogP contribution in [0, 0.1) is 0 Å². The number of carbonyl (C=O) groups is 3. The third-order valence-electron chi connectivity index (χ3n) is 5.10. The van der Waals surface area contributed by atoms with Crippen LogP contribution in [0.4, 0.5) is 23.7 Å². The SMILES string of the molecule is O=C(CN1C(=O)NC(c2ccccc2)(C(F)(F)F)C1=O)Nc1cccc2ccccc12. The van der Waals surface area contributed by atoms with Crippen LogP contribution in [0.3, 0.4) is 0 Å². The van der Waals surface area contributed by atoms with Gasteiger partial charge in [0.15, 0.2) is 0 Å². The molecule has 1 saturated heterocycles. The van der Waals surface area contributed by atoms with Crippen LogP contribution in [0.25, 0.3) is 10.8 Å². The second-order valence-electron chi connectivity index (χ2n) is 7.01. The Morgan fingerprint density at radius 2 is 1.58 bits per heavy atom. The van der Waals surface area contributed by atoms with Crippen molar-refractivity contribution in [3.8, 4) is 0 Å². The highest BCUT2D eigenvalue weighted by molar-refractivity contribution is 6.11. The number of halogens is 3. The van der Waals surface area contributed by atoms with E-state index in [0.29, 0.717) is 11.1 Å². The van der Waals surface area contributed by atoms with Gasteiger partial charge in [-0.2, -0.15) is 13.2 Å². The Balaban J connectivity index is 1.61. The molecule has 6 nitrogen and oxygen atoms in total. The lowest BCUT2D eigenvalue weighted by Gasteiger charge is -2.29. The van der Waals surface area contributed by atoms with Crippen molar-refractivity contribution in [2.75, 3.05) is 11.9 Å². The summed E-state index contributed by atoms with van der Waals surface area (Å²) < 4.78 is 42.0. The largest absolute Gasteiger partial charge is 0.425 e. The molecule has 4 rings (SSSR count). The predicted octanol–water partition coefficient (Wildman–Crippen LogP) is 3.79. The van der Waals surface area contributed by atoms with Crippen molar-refractivity contribution in [2.24, 2.45) is 0 Å². The quantitative estimate of drug-likeness (QED) is 0.622. The van der Waals surface area contributed by atoms with Crippen LogP contribution >= 0.6 is 0 Å². The molecule has 31 heavy (non-hydrogen) atoms. The molecule has 1 unspecified atom stereocenters. The first-order valence-electron chi connectivity index (χ1n) is 9.28. The summed E-state index contributed by atoms with van der Waals surface area (Å²) >= 11 is 0. The van der Waals surface area contributed by atoms with Gasteiger partial charge in [-0.05, 0) is 17.0 Å². The van der Waals surface area contributed by atoms with Crippen LogP contribution < -0.4 is 10.6 Å². The van der Waals surface area contributed by atoms with Crippen molar-refractivity contribution in [3.63, 3.8) is 0 Å². The maximum atomic E-state index is 14.0. The first-order chi connectivity index (χ1) is 14.7. The summed E-state index contributed by atoms with van der Waals surface area (Å²) in [5, 5.41) is 5.87. The highest BCUT2D eigenvalue weighted by atomic mass is 19.4. The minimum absolute atomic E-state index is 0.279. The Hall–Kier alpha value is -3.88. The zero-order chi connectivity index (χ0) is 22.2. The van der Waals surface area contributed by atoms with Crippen LogP contribution in [-0.4, -0.2) is 35.5 Å². The lowest BCUT2D eigenvalue weighted by Crippen LogP contribution is -2.55. The number of hydrogen-bond acceptors (Lipinski definition) is 3. The highest BCUT2D eigenvalue weighted by Crippen LogP contribution is 2.43. The summed E-state index contributed by atoms with van der Waals surface area (Å²) in [5.41, 5.74) is -3.26. The average Bonchev–Trinajstić information content (AvgIpc) is 3.00. The number of amides is 4. The minimum atomic E-state index is -5.11.